The fraction of sp³-hybridized carbons (Fsp3) is 0.600. The molecule has 108 valence electrons. The molecule has 0 saturated heterocycles. The van der Waals surface area contributed by atoms with Gasteiger partial charge in [-0.25, -0.2) is 0 Å². The van der Waals surface area contributed by atoms with Crippen LogP contribution < -0.4 is 4.90 Å². The van der Waals surface area contributed by atoms with Crippen LogP contribution in [0.3, 0.4) is 0 Å². The maximum Gasteiger partial charge on any atom is 0.0781 e. The van der Waals surface area contributed by atoms with E-state index in [9.17, 15) is 5.11 Å². The van der Waals surface area contributed by atoms with Crippen molar-refractivity contribution in [2.75, 3.05) is 38.9 Å². The van der Waals surface area contributed by atoms with Gasteiger partial charge in [0.15, 0.2) is 0 Å². The van der Waals surface area contributed by atoms with Crippen LogP contribution in [0.2, 0.25) is 0 Å². The number of para-hydroxylation sites is 1. The molecular weight excluding hydrogens is 242 g/mol. The number of anilines is 1. The Morgan fingerprint density at radius 2 is 1.84 bits per heavy atom. The third kappa shape index (κ3) is 4.49. The van der Waals surface area contributed by atoms with Gasteiger partial charge in [-0.15, -0.1) is 0 Å². The lowest BCUT2D eigenvalue weighted by molar-refractivity contribution is 0.169. The van der Waals surface area contributed by atoms with E-state index in [4.69, 9.17) is 9.47 Å². The number of aliphatic hydroxyl groups is 1. The molecule has 0 amide bonds. The fourth-order valence-electron chi connectivity index (χ4n) is 2.20. The van der Waals surface area contributed by atoms with E-state index in [0.717, 1.165) is 17.8 Å². The maximum atomic E-state index is 9.90. The molecule has 1 N–H and O–H groups in total. The first-order valence-electron chi connectivity index (χ1n) is 6.63. The Kier molecular flexibility index (Phi) is 6.84. The van der Waals surface area contributed by atoms with Crippen molar-refractivity contribution in [2.45, 2.75) is 26.0 Å². The first kappa shape index (κ1) is 16.0. The zero-order valence-corrected chi connectivity index (χ0v) is 12.3. The van der Waals surface area contributed by atoms with Gasteiger partial charge in [0.2, 0.25) is 0 Å². The normalized spacial score (nSPS) is 14.2. The number of nitrogens with zero attached hydrogens (tertiary/aromatic N) is 1. The molecule has 1 rings (SSSR count). The molecule has 0 heterocycles. The van der Waals surface area contributed by atoms with E-state index < -0.39 is 6.10 Å². The Labute approximate surface area is 115 Å². The second kappa shape index (κ2) is 8.15. The van der Waals surface area contributed by atoms with Gasteiger partial charge in [0.1, 0.15) is 0 Å². The van der Waals surface area contributed by atoms with Crippen molar-refractivity contribution in [1.29, 1.82) is 0 Å². The molecule has 4 heteroatoms. The molecule has 0 radical (unpaired) electrons. The summed E-state index contributed by atoms with van der Waals surface area (Å²) in [4.78, 5) is 2.22. The summed E-state index contributed by atoms with van der Waals surface area (Å²) in [5.41, 5.74) is 1.97. The first-order valence-corrected chi connectivity index (χ1v) is 6.63. The number of rotatable bonds is 8. The van der Waals surface area contributed by atoms with Crippen molar-refractivity contribution >= 4 is 5.69 Å². The topological polar surface area (TPSA) is 41.9 Å². The quantitative estimate of drug-likeness (QED) is 0.784. The van der Waals surface area contributed by atoms with Crippen molar-refractivity contribution in [3.63, 3.8) is 0 Å². The number of hydrogen-bond donors (Lipinski definition) is 1. The van der Waals surface area contributed by atoms with Gasteiger partial charge < -0.3 is 19.5 Å². The van der Waals surface area contributed by atoms with Crippen LogP contribution in [0.4, 0.5) is 5.69 Å². The second-order valence-electron chi connectivity index (χ2n) is 4.73. The van der Waals surface area contributed by atoms with Crippen LogP contribution >= 0.6 is 0 Å². The van der Waals surface area contributed by atoms with E-state index in [-0.39, 0.29) is 6.04 Å². The standard InChI is InChI=1S/C15H25NO3/c1-12(11-19-4)16(9-10-18-3)15-8-6-5-7-14(15)13(2)17/h5-8,12-13,17H,9-11H2,1-4H3. The van der Waals surface area contributed by atoms with E-state index in [1.807, 2.05) is 24.3 Å². The zero-order chi connectivity index (χ0) is 14.3. The molecule has 0 fully saturated rings. The summed E-state index contributed by atoms with van der Waals surface area (Å²) in [6, 6.07) is 8.14. The van der Waals surface area contributed by atoms with Crippen molar-refractivity contribution in [2.24, 2.45) is 0 Å². The van der Waals surface area contributed by atoms with Gasteiger partial charge in [-0.2, -0.15) is 0 Å². The molecule has 0 aliphatic carbocycles. The van der Waals surface area contributed by atoms with Gasteiger partial charge in [0, 0.05) is 38.1 Å². The van der Waals surface area contributed by atoms with E-state index in [2.05, 4.69) is 11.8 Å². The summed E-state index contributed by atoms with van der Waals surface area (Å²) in [5.74, 6) is 0. The molecule has 0 bridgehead atoms. The molecule has 0 aromatic heterocycles. The lowest BCUT2D eigenvalue weighted by atomic mass is 10.1. The second-order valence-corrected chi connectivity index (χ2v) is 4.73. The highest BCUT2D eigenvalue weighted by molar-refractivity contribution is 5.55. The van der Waals surface area contributed by atoms with Crippen molar-refractivity contribution in [1.82, 2.24) is 0 Å². The Morgan fingerprint density at radius 3 is 2.42 bits per heavy atom. The molecule has 4 nitrogen and oxygen atoms in total. The Balaban J connectivity index is 3.02. The smallest absolute Gasteiger partial charge is 0.0781 e. The minimum absolute atomic E-state index is 0.222. The van der Waals surface area contributed by atoms with Gasteiger partial charge in [0.25, 0.3) is 0 Å². The van der Waals surface area contributed by atoms with Gasteiger partial charge in [0.05, 0.1) is 19.3 Å². The maximum absolute atomic E-state index is 9.90. The fourth-order valence-corrected chi connectivity index (χ4v) is 2.20. The Morgan fingerprint density at radius 1 is 1.16 bits per heavy atom. The lowest BCUT2D eigenvalue weighted by Gasteiger charge is -2.33. The Hall–Kier alpha value is -1.10. The number of aliphatic hydroxyl groups excluding tert-OH is 1. The van der Waals surface area contributed by atoms with Crippen LogP contribution in [0.25, 0.3) is 0 Å². The minimum Gasteiger partial charge on any atom is -0.389 e. The molecule has 0 aliphatic rings. The van der Waals surface area contributed by atoms with E-state index in [1.165, 1.54) is 0 Å². The summed E-state index contributed by atoms with van der Waals surface area (Å²) in [7, 11) is 3.39. The van der Waals surface area contributed by atoms with Crippen molar-refractivity contribution in [3.05, 3.63) is 29.8 Å². The van der Waals surface area contributed by atoms with Gasteiger partial charge in [-0.1, -0.05) is 18.2 Å². The average Bonchev–Trinajstić information content (AvgIpc) is 2.40. The summed E-state index contributed by atoms with van der Waals surface area (Å²) in [6.45, 7) is 5.94. The third-order valence-electron chi connectivity index (χ3n) is 3.17. The molecule has 2 atom stereocenters. The summed E-state index contributed by atoms with van der Waals surface area (Å²) in [5, 5.41) is 9.90. The van der Waals surface area contributed by atoms with Crippen molar-refractivity contribution in [3.8, 4) is 0 Å². The largest absolute Gasteiger partial charge is 0.389 e. The van der Waals surface area contributed by atoms with Gasteiger partial charge in [-0.05, 0) is 19.9 Å². The summed E-state index contributed by atoms with van der Waals surface area (Å²) in [6.07, 6.45) is -0.490. The predicted octanol–water partition coefficient (Wildman–Crippen LogP) is 2.23. The number of methoxy groups -OCH3 is 2. The van der Waals surface area contributed by atoms with Crippen LogP contribution in [-0.4, -0.2) is 45.1 Å². The summed E-state index contributed by atoms with van der Waals surface area (Å²) >= 11 is 0. The first-order chi connectivity index (χ1) is 9.11. The Bertz CT molecular complexity index is 368. The monoisotopic (exact) mass is 267 g/mol. The molecule has 0 aliphatic heterocycles. The predicted molar refractivity (Wildman–Crippen MR) is 77.6 cm³/mol. The highest BCUT2D eigenvalue weighted by Crippen LogP contribution is 2.27. The molecule has 1 aromatic rings. The molecular formula is C15H25NO3. The van der Waals surface area contributed by atoms with Gasteiger partial charge >= 0.3 is 0 Å². The average molecular weight is 267 g/mol. The van der Waals surface area contributed by atoms with Crippen LogP contribution in [0.15, 0.2) is 24.3 Å². The third-order valence-corrected chi connectivity index (χ3v) is 3.17. The molecule has 1 aromatic carbocycles. The van der Waals surface area contributed by atoms with E-state index >= 15 is 0 Å². The van der Waals surface area contributed by atoms with E-state index in [0.29, 0.717) is 13.2 Å². The van der Waals surface area contributed by atoms with Crippen LogP contribution in [0, 0.1) is 0 Å². The minimum atomic E-state index is -0.490. The van der Waals surface area contributed by atoms with Gasteiger partial charge in [-0.3, -0.25) is 0 Å². The SMILES string of the molecule is COCCN(c1ccccc1C(C)O)C(C)COC. The number of ether oxygens (including phenoxy) is 2. The van der Waals surface area contributed by atoms with Crippen LogP contribution in [-0.2, 0) is 9.47 Å². The molecule has 2 unspecified atom stereocenters. The van der Waals surface area contributed by atoms with E-state index in [1.54, 1.807) is 21.1 Å². The van der Waals surface area contributed by atoms with Crippen LogP contribution in [0.1, 0.15) is 25.5 Å². The highest BCUT2D eigenvalue weighted by atomic mass is 16.5. The van der Waals surface area contributed by atoms with Crippen molar-refractivity contribution < 1.29 is 14.6 Å². The summed E-state index contributed by atoms with van der Waals surface area (Å²) < 4.78 is 10.4. The van der Waals surface area contributed by atoms with Crippen LogP contribution in [0.5, 0.6) is 0 Å². The molecule has 0 spiro atoms. The number of benzene rings is 1. The highest BCUT2D eigenvalue weighted by Gasteiger charge is 2.18. The number of hydrogen-bond acceptors (Lipinski definition) is 4. The lowest BCUT2D eigenvalue weighted by Crippen LogP contribution is -2.39. The molecule has 19 heavy (non-hydrogen) atoms. The molecule has 0 saturated carbocycles. The zero-order valence-electron chi connectivity index (χ0n) is 12.3.